The van der Waals surface area contributed by atoms with Gasteiger partial charge in [-0.1, -0.05) is 19.4 Å². The molecule has 0 saturated carbocycles. The van der Waals surface area contributed by atoms with E-state index < -0.39 is 0 Å². The van der Waals surface area contributed by atoms with E-state index in [0.717, 1.165) is 31.0 Å². The third kappa shape index (κ3) is 4.68. The molecule has 1 aromatic rings. The Balaban J connectivity index is 1.96. The predicted molar refractivity (Wildman–Crippen MR) is 86.7 cm³/mol. The molecule has 0 bridgehead atoms. The predicted octanol–water partition coefficient (Wildman–Crippen LogP) is 3.01. The number of hydrogen-bond donors (Lipinski definition) is 1. The monoisotopic (exact) mass is 291 g/mol. The average Bonchev–Trinajstić information content (AvgIpc) is 2.52. The second kappa shape index (κ2) is 8.35. The molecule has 0 aromatic carbocycles. The summed E-state index contributed by atoms with van der Waals surface area (Å²) >= 11 is 0. The third-order valence-corrected chi connectivity index (χ3v) is 4.30. The van der Waals surface area contributed by atoms with Gasteiger partial charge in [0.05, 0.1) is 0 Å². The Bertz CT molecular complexity index is 424. The highest BCUT2D eigenvalue weighted by molar-refractivity contribution is 5.28. The van der Waals surface area contributed by atoms with Gasteiger partial charge in [-0.15, -0.1) is 0 Å². The maximum Gasteiger partial charge on any atom is 0.218 e. The second-order valence-electron chi connectivity index (χ2n) is 6.01. The molecular weight excluding hydrogens is 262 g/mol. The topological polar surface area (TPSA) is 37.4 Å². The van der Waals surface area contributed by atoms with Gasteiger partial charge in [0, 0.05) is 23.8 Å². The zero-order chi connectivity index (χ0) is 15.1. The minimum atomic E-state index is 0.276. The summed E-state index contributed by atoms with van der Waals surface area (Å²) in [6.07, 6.45) is 6.79. The number of nitrogens with zero attached hydrogens (tertiary/aromatic N) is 2. The number of nitrogens with one attached hydrogen (secondary N) is 1. The lowest BCUT2D eigenvalue weighted by molar-refractivity contribution is 0.121. The maximum atomic E-state index is 6.06. The van der Waals surface area contributed by atoms with Crippen LogP contribution in [0.25, 0.3) is 0 Å². The summed E-state index contributed by atoms with van der Waals surface area (Å²) < 4.78 is 6.06. The van der Waals surface area contributed by atoms with Crippen LogP contribution in [0.4, 0.5) is 0 Å². The molecule has 0 spiro atoms. The van der Waals surface area contributed by atoms with Crippen LogP contribution in [0.3, 0.4) is 0 Å². The number of likely N-dealkylation sites (N-methyl/N-ethyl adjacent to an activating group) is 1. The van der Waals surface area contributed by atoms with Crippen LogP contribution in [0.5, 0.6) is 5.88 Å². The Labute approximate surface area is 128 Å². The normalized spacial score (nSPS) is 21.2. The molecule has 1 aromatic heterocycles. The smallest absolute Gasteiger partial charge is 0.218 e. The van der Waals surface area contributed by atoms with Gasteiger partial charge in [-0.2, -0.15) is 0 Å². The Morgan fingerprint density at radius 2 is 2.33 bits per heavy atom. The fraction of sp³-hybridized carbons (Fsp3) is 0.706. The van der Waals surface area contributed by atoms with Crippen molar-refractivity contribution in [2.75, 3.05) is 26.7 Å². The summed E-state index contributed by atoms with van der Waals surface area (Å²) in [4.78, 5) is 6.84. The molecule has 4 heteroatoms. The van der Waals surface area contributed by atoms with E-state index in [0.29, 0.717) is 6.04 Å². The standard InChI is InChI=1S/C17H29N3O/c1-4-10-18-14(2)16-9-7-11-19-17(16)21-13-15-8-5-6-12-20(15)3/h7,9,11,14-15,18H,4-6,8,10,12-13H2,1-3H3. The Hall–Kier alpha value is -1.13. The molecule has 2 unspecified atom stereocenters. The van der Waals surface area contributed by atoms with Gasteiger partial charge in [-0.25, -0.2) is 4.98 Å². The molecule has 1 aliphatic rings. The molecule has 1 aliphatic heterocycles. The lowest BCUT2D eigenvalue weighted by atomic mass is 10.0. The van der Waals surface area contributed by atoms with Crippen LogP contribution in [0.2, 0.25) is 0 Å². The van der Waals surface area contributed by atoms with Gasteiger partial charge in [0.1, 0.15) is 6.61 Å². The number of pyridine rings is 1. The number of ether oxygens (including phenoxy) is 1. The first-order valence-electron chi connectivity index (χ1n) is 8.23. The minimum Gasteiger partial charge on any atom is -0.476 e. The van der Waals surface area contributed by atoms with Crippen molar-refractivity contribution in [3.63, 3.8) is 0 Å². The summed E-state index contributed by atoms with van der Waals surface area (Å²) in [5, 5.41) is 3.51. The summed E-state index contributed by atoms with van der Waals surface area (Å²) in [6.45, 7) is 7.28. The van der Waals surface area contributed by atoms with Crippen molar-refractivity contribution in [1.29, 1.82) is 0 Å². The van der Waals surface area contributed by atoms with Gasteiger partial charge in [-0.05, 0) is 52.4 Å². The first-order chi connectivity index (χ1) is 10.2. The summed E-state index contributed by atoms with van der Waals surface area (Å²) in [5.74, 6) is 0.785. The molecule has 2 atom stereocenters. The van der Waals surface area contributed by atoms with Crippen LogP contribution in [0.15, 0.2) is 18.3 Å². The lowest BCUT2D eigenvalue weighted by Gasteiger charge is -2.32. The SMILES string of the molecule is CCCNC(C)c1cccnc1OCC1CCCCN1C. The molecule has 1 saturated heterocycles. The molecule has 1 N–H and O–H groups in total. The van der Waals surface area contributed by atoms with E-state index in [2.05, 4.69) is 42.2 Å². The Morgan fingerprint density at radius 3 is 3.10 bits per heavy atom. The molecule has 118 valence electrons. The fourth-order valence-corrected chi connectivity index (χ4v) is 2.85. The molecular formula is C17H29N3O. The van der Waals surface area contributed by atoms with Crippen LogP contribution in [0.1, 0.15) is 51.1 Å². The van der Waals surface area contributed by atoms with E-state index in [1.165, 1.54) is 25.8 Å². The van der Waals surface area contributed by atoms with Crippen molar-refractivity contribution in [2.45, 2.75) is 51.6 Å². The van der Waals surface area contributed by atoms with Gasteiger partial charge < -0.3 is 15.0 Å². The Kier molecular flexibility index (Phi) is 6.46. The van der Waals surface area contributed by atoms with E-state index >= 15 is 0 Å². The molecule has 1 fully saturated rings. The molecule has 21 heavy (non-hydrogen) atoms. The quantitative estimate of drug-likeness (QED) is 0.838. The Morgan fingerprint density at radius 1 is 1.48 bits per heavy atom. The van der Waals surface area contributed by atoms with Crippen LogP contribution >= 0.6 is 0 Å². The highest BCUT2D eigenvalue weighted by atomic mass is 16.5. The third-order valence-electron chi connectivity index (χ3n) is 4.30. The van der Waals surface area contributed by atoms with E-state index in [4.69, 9.17) is 4.74 Å². The van der Waals surface area contributed by atoms with E-state index in [-0.39, 0.29) is 6.04 Å². The summed E-state index contributed by atoms with van der Waals surface area (Å²) in [7, 11) is 2.19. The number of piperidine rings is 1. The van der Waals surface area contributed by atoms with Gasteiger partial charge in [0.2, 0.25) is 5.88 Å². The highest BCUT2D eigenvalue weighted by Gasteiger charge is 2.20. The average molecular weight is 291 g/mol. The van der Waals surface area contributed by atoms with Crippen molar-refractivity contribution >= 4 is 0 Å². The fourth-order valence-electron chi connectivity index (χ4n) is 2.85. The maximum absolute atomic E-state index is 6.06. The van der Waals surface area contributed by atoms with E-state index in [9.17, 15) is 0 Å². The minimum absolute atomic E-state index is 0.276. The number of likely N-dealkylation sites (tertiary alicyclic amines) is 1. The molecule has 4 nitrogen and oxygen atoms in total. The van der Waals surface area contributed by atoms with Gasteiger partial charge >= 0.3 is 0 Å². The molecule has 0 aliphatic carbocycles. The summed E-state index contributed by atoms with van der Waals surface area (Å²) in [6, 6.07) is 4.89. The molecule has 2 rings (SSSR count). The number of rotatable bonds is 7. The first-order valence-corrected chi connectivity index (χ1v) is 8.23. The van der Waals surface area contributed by atoms with E-state index in [1.54, 1.807) is 0 Å². The van der Waals surface area contributed by atoms with Crippen molar-refractivity contribution in [2.24, 2.45) is 0 Å². The summed E-state index contributed by atoms with van der Waals surface area (Å²) in [5.41, 5.74) is 1.16. The lowest BCUT2D eigenvalue weighted by Crippen LogP contribution is -2.40. The molecule has 2 heterocycles. The van der Waals surface area contributed by atoms with Crippen LogP contribution in [0, 0.1) is 0 Å². The number of aromatic nitrogens is 1. The van der Waals surface area contributed by atoms with Crippen LogP contribution in [-0.2, 0) is 0 Å². The molecule has 0 radical (unpaired) electrons. The van der Waals surface area contributed by atoms with Gasteiger partial charge in [0.15, 0.2) is 0 Å². The molecule has 0 amide bonds. The largest absolute Gasteiger partial charge is 0.476 e. The second-order valence-corrected chi connectivity index (χ2v) is 6.01. The van der Waals surface area contributed by atoms with Crippen molar-refractivity contribution in [1.82, 2.24) is 15.2 Å². The van der Waals surface area contributed by atoms with E-state index in [1.807, 2.05) is 12.3 Å². The number of hydrogen-bond acceptors (Lipinski definition) is 4. The zero-order valence-corrected chi connectivity index (χ0v) is 13.6. The van der Waals surface area contributed by atoms with Crippen LogP contribution < -0.4 is 10.1 Å². The zero-order valence-electron chi connectivity index (χ0n) is 13.6. The van der Waals surface area contributed by atoms with Gasteiger partial charge in [-0.3, -0.25) is 0 Å². The van der Waals surface area contributed by atoms with Crippen molar-refractivity contribution in [3.05, 3.63) is 23.9 Å². The van der Waals surface area contributed by atoms with Crippen molar-refractivity contribution < 1.29 is 4.74 Å². The van der Waals surface area contributed by atoms with Crippen molar-refractivity contribution in [3.8, 4) is 5.88 Å². The highest BCUT2D eigenvalue weighted by Crippen LogP contribution is 2.23. The first kappa shape index (κ1) is 16.2. The van der Waals surface area contributed by atoms with Crippen LogP contribution in [-0.4, -0.2) is 42.7 Å². The van der Waals surface area contributed by atoms with Gasteiger partial charge in [0.25, 0.3) is 0 Å².